The molecule has 8 rings (SSSR count). The topological polar surface area (TPSA) is 13.1 Å². The average Bonchev–Trinajstić information content (AvgIpc) is 3.28. The normalized spacial score (nSPS) is 12.6. The summed E-state index contributed by atoms with van der Waals surface area (Å²) in [6.45, 7) is 0. The predicted molar refractivity (Wildman–Crippen MR) is 144 cm³/mol. The molecule has 2 heteroatoms. The number of rotatable bonds is 1. The number of hydrogen-bond acceptors (Lipinski definition) is 2. The summed E-state index contributed by atoms with van der Waals surface area (Å²) in [5.74, 6) is 0. The van der Waals surface area contributed by atoms with Gasteiger partial charge in [-0.15, -0.1) is 0 Å². The van der Waals surface area contributed by atoms with E-state index in [9.17, 15) is 0 Å². The molecule has 0 saturated heterocycles. The Morgan fingerprint density at radius 2 is 1.26 bits per heavy atom. The first-order chi connectivity index (χ1) is 16.8. The summed E-state index contributed by atoms with van der Waals surface area (Å²) >= 11 is 1.87. The van der Waals surface area contributed by atoms with E-state index >= 15 is 0 Å². The third-order valence-corrected chi connectivity index (χ3v) is 8.19. The van der Waals surface area contributed by atoms with Crippen LogP contribution in [0.5, 0.6) is 0 Å². The third-order valence-electron chi connectivity index (χ3n) is 7.05. The SMILES string of the molecule is c1cc2c3c(cccc3c1)-c1cc(-c3cccc4oc5ccc6ccccc6c5c34)ccc1S2. The molecule has 1 nitrogen and oxygen atoms in total. The highest BCUT2D eigenvalue weighted by Crippen LogP contribution is 2.49. The molecule has 2 heterocycles. The van der Waals surface area contributed by atoms with E-state index in [1.54, 1.807) is 0 Å². The maximum absolute atomic E-state index is 6.32. The van der Waals surface area contributed by atoms with Crippen LogP contribution in [0.1, 0.15) is 0 Å². The molecule has 0 aliphatic carbocycles. The van der Waals surface area contributed by atoms with Crippen molar-refractivity contribution >= 4 is 55.2 Å². The molecule has 0 bridgehead atoms. The van der Waals surface area contributed by atoms with E-state index in [4.69, 9.17) is 4.42 Å². The predicted octanol–water partition coefficient (Wildman–Crippen LogP) is 9.69. The zero-order chi connectivity index (χ0) is 22.2. The van der Waals surface area contributed by atoms with Gasteiger partial charge in [0.25, 0.3) is 0 Å². The Bertz CT molecular complexity index is 1940. The van der Waals surface area contributed by atoms with Crippen molar-refractivity contribution in [3.8, 4) is 22.3 Å². The average molecular weight is 451 g/mol. The molecule has 0 spiro atoms. The van der Waals surface area contributed by atoms with E-state index in [0.29, 0.717) is 0 Å². The third kappa shape index (κ3) is 2.46. The van der Waals surface area contributed by atoms with Crippen LogP contribution in [-0.4, -0.2) is 0 Å². The number of fused-ring (bicyclic) bond motifs is 7. The summed E-state index contributed by atoms with van der Waals surface area (Å²) in [6, 6.07) is 39.4. The molecule has 1 aliphatic rings. The van der Waals surface area contributed by atoms with Gasteiger partial charge in [0.1, 0.15) is 11.2 Å². The molecule has 0 fully saturated rings. The Morgan fingerprint density at radius 1 is 0.471 bits per heavy atom. The fourth-order valence-electron chi connectivity index (χ4n) is 5.56. The second kappa shape index (κ2) is 6.75. The summed E-state index contributed by atoms with van der Waals surface area (Å²) in [5.41, 5.74) is 6.93. The van der Waals surface area contributed by atoms with Crippen molar-refractivity contribution in [2.24, 2.45) is 0 Å². The van der Waals surface area contributed by atoms with Crippen LogP contribution in [0.15, 0.2) is 123 Å². The van der Waals surface area contributed by atoms with Crippen LogP contribution in [0.25, 0.3) is 65.7 Å². The van der Waals surface area contributed by atoms with Crippen molar-refractivity contribution in [2.75, 3.05) is 0 Å². The van der Waals surface area contributed by atoms with Crippen LogP contribution in [0.2, 0.25) is 0 Å². The first-order valence-corrected chi connectivity index (χ1v) is 12.3. The smallest absolute Gasteiger partial charge is 0.136 e. The second-order valence-electron chi connectivity index (χ2n) is 8.91. The van der Waals surface area contributed by atoms with Crippen LogP contribution in [-0.2, 0) is 0 Å². The van der Waals surface area contributed by atoms with E-state index in [1.807, 2.05) is 11.8 Å². The van der Waals surface area contributed by atoms with Gasteiger partial charge in [-0.1, -0.05) is 90.6 Å². The molecule has 158 valence electrons. The summed E-state index contributed by atoms with van der Waals surface area (Å²) in [5, 5.41) is 7.51. The van der Waals surface area contributed by atoms with Crippen LogP contribution in [0, 0.1) is 0 Å². The molecule has 34 heavy (non-hydrogen) atoms. The summed E-state index contributed by atoms with van der Waals surface area (Å²) in [4.78, 5) is 2.65. The van der Waals surface area contributed by atoms with Crippen LogP contribution >= 0.6 is 11.8 Å². The molecule has 0 saturated carbocycles. The van der Waals surface area contributed by atoms with Gasteiger partial charge in [-0.25, -0.2) is 0 Å². The number of benzene rings is 6. The molecule has 0 amide bonds. The van der Waals surface area contributed by atoms with Gasteiger partial charge in [0.2, 0.25) is 0 Å². The van der Waals surface area contributed by atoms with Gasteiger partial charge in [0.15, 0.2) is 0 Å². The number of hydrogen-bond donors (Lipinski definition) is 0. The Morgan fingerprint density at radius 3 is 2.24 bits per heavy atom. The summed E-state index contributed by atoms with van der Waals surface area (Å²) < 4.78 is 6.32. The van der Waals surface area contributed by atoms with Crippen LogP contribution in [0.4, 0.5) is 0 Å². The zero-order valence-electron chi connectivity index (χ0n) is 18.2. The molecule has 1 aromatic heterocycles. The van der Waals surface area contributed by atoms with E-state index in [1.165, 1.54) is 64.4 Å². The first-order valence-electron chi connectivity index (χ1n) is 11.5. The quantitative estimate of drug-likeness (QED) is 0.247. The second-order valence-corrected chi connectivity index (χ2v) is 10.00. The van der Waals surface area contributed by atoms with Gasteiger partial charge in [0, 0.05) is 25.9 Å². The lowest BCUT2D eigenvalue weighted by molar-refractivity contribution is 0.669. The van der Waals surface area contributed by atoms with Gasteiger partial charge >= 0.3 is 0 Å². The lowest BCUT2D eigenvalue weighted by Crippen LogP contribution is -1.93. The Hall–Kier alpha value is -4.01. The van der Waals surface area contributed by atoms with Crippen molar-refractivity contribution < 1.29 is 4.42 Å². The minimum absolute atomic E-state index is 0.934. The number of furan rings is 1. The minimum Gasteiger partial charge on any atom is -0.456 e. The summed E-state index contributed by atoms with van der Waals surface area (Å²) in [7, 11) is 0. The minimum atomic E-state index is 0.934. The molecular weight excluding hydrogens is 432 g/mol. The Balaban J connectivity index is 1.44. The van der Waals surface area contributed by atoms with Gasteiger partial charge in [-0.3, -0.25) is 0 Å². The van der Waals surface area contributed by atoms with E-state index < -0.39 is 0 Å². The van der Waals surface area contributed by atoms with Crippen molar-refractivity contribution in [1.29, 1.82) is 0 Å². The van der Waals surface area contributed by atoms with Crippen LogP contribution < -0.4 is 0 Å². The van der Waals surface area contributed by atoms with Crippen LogP contribution in [0.3, 0.4) is 0 Å². The fraction of sp³-hybridized carbons (Fsp3) is 0. The molecule has 0 N–H and O–H groups in total. The lowest BCUT2D eigenvalue weighted by Gasteiger charge is -2.21. The van der Waals surface area contributed by atoms with E-state index in [0.717, 1.165) is 11.2 Å². The van der Waals surface area contributed by atoms with E-state index in [-0.39, 0.29) is 0 Å². The van der Waals surface area contributed by atoms with Crippen molar-refractivity contribution in [3.05, 3.63) is 109 Å². The van der Waals surface area contributed by atoms with E-state index in [2.05, 4.69) is 109 Å². The van der Waals surface area contributed by atoms with Gasteiger partial charge in [0.05, 0.1) is 0 Å². The molecule has 0 unspecified atom stereocenters. The monoisotopic (exact) mass is 450 g/mol. The molecule has 0 radical (unpaired) electrons. The largest absolute Gasteiger partial charge is 0.456 e. The summed E-state index contributed by atoms with van der Waals surface area (Å²) in [6.07, 6.45) is 0. The van der Waals surface area contributed by atoms with Crippen molar-refractivity contribution in [2.45, 2.75) is 9.79 Å². The molecule has 1 aliphatic heterocycles. The maximum atomic E-state index is 6.32. The highest BCUT2D eigenvalue weighted by atomic mass is 32.2. The standard InChI is InChI=1S/C32H18OS/c1-2-9-22-19(6-1)14-16-27-31(22)32-23(10-5-12-26(32)33-27)21-15-17-28-25(18-21)24-11-3-7-20-8-4-13-29(34-28)30(20)24/h1-18H. The fourth-order valence-corrected chi connectivity index (χ4v) is 6.69. The first kappa shape index (κ1) is 18.4. The van der Waals surface area contributed by atoms with Gasteiger partial charge in [-0.2, -0.15) is 0 Å². The molecule has 6 aromatic carbocycles. The highest BCUT2D eigenvalue weighted by molar-refractivity contribution is 7.99. The maximum Gasteiger partial charge on any atom is 0.136 e. The Labute approximate surface area is 200 Å². The lowest BCUT2D eigenvalue weighted by atomic mass is 9.92. The molecular formula is C32H18OS. The van der Waals surface area contributed by atoms with Crippen molar-refractivity contribution in [1.82, 2.24) is 0 Å². The van der Waals surface area contributed by atoms with Gasteiger partial charge < -0.3 is 4.42 Å². The van der Waals surface area contributed by atoms with Crippen molar-refractivity contribution in [3.63, 3.8) is 0 Å². The Kier molecular flexibility index (Phi) is 3.66. The van der Waals surface area contributed by atoms with Gasteiger partial charge in [-0.05, 0) is 68.7 Å². The highest BCUT2D eigenvalue weighted by Gasteiger charge is 2.21. The zero-order valence-corrected chi connectivity index (χ0v) is 19.0. The molecule has 7 aromatic rings. The molecule has 0 atom stereocenters.